The summed E-state index contributed by atoms with van der Waals surface area (Å²) in [5, 5.41) is 20.0. The molecule has 3 N–H and O–H groups in total. The van der Waals surface area contributed by atoms with Crippen LogP contribution in [0.2, 0.25) is 0 Å². The van der Waals surface area contributed by atoms with E-state index in [0.29, 0.717) is 6.54 Å². The van der Waals surface area contributed by atoms with Crippen molar-refractivity contribution in [2.45, 2.75) is 51.6 Å². The summed E-state index contributed by atoms with van der Waals surface area (Å²) in [5.74, 6) is -0.481. The van der Waals surface area contributed by atoms with Crippen LogP contribution in [-0.2, 0) is 4.79 Å². The average Bonchev–Trinajstić information content (AvgIpc) is 2.26. The Morgan fingerprint density at radius 3 is 2.40 bits per heavy atom. The lowest BCUT2D eigenvalue weighted by Crippen LogP contribution is -2.37. The number of carbonyl (C=O) groups is 1. The van der Waals surface area contributed by atoms with E-state index in [-0.39, 0.29) is 0 Å². The van der Waals surface area contributed by atoms with Crippen LogP contribution in [0, 0.1) is 0 Å². The van der Waals surface area contributed by atoms with E-state index in [9.17, 15) is 4.79 Å². The van der Waals surface area contributed by atoms with Gasteiger partial charge in [0.2, 0.25) is 0 Å². The van der Waals surface area contributed by atoms with E-state index in [2.05, 4.69) is 12.2 Å². The normalized spacial score (nSPS) is 12.5. The van der Waals surface area contributed by atoms with Crippen molar-refractivity contribution >= 4 is 5.91 Å². The van der Waals surface area contributed by atoms with Crippen molar-refractivity contribution in [1.82, 2.24) is 5.32 Å². The molecule has 0 radical (unpaired) electrons. The molecular formula is C11H23NO3. The second-order valence-electron chi connectivity index (χ2n) is 3.76. The first kappa shape index (κ1) is 14.4. The molecule has 0 aliphatic heterocycles. The van der Waals surface area contributed by atoms with Crippen LogP contribution >= 0.6 is 0 Å². The average molecular weight is 217 g/mol. The highest BCUT2D eigenvalue weighted by atomic mass is 16.3. The third-order valence-electron chi connectivity index (χ3n) is 2.31. The number of aliphatic hydroxyl groups is 2. The molecule has 1 amide bonds. The van der Waals surface area contributed by atoms with E-state index in [1.54, 1.807) is 0 Å². The van der Waals surface area contributed by atoms with Gasteiger partial charge in [-0.15, -0.1) is 0 Å². The molecule has 90 valence electrons. The summed E-state index contributed by atoms with van der Waals surface area (Å²) in [7, 11) is 0. The van der Waals surface area contributed by atoms with Crippen molar-refractivity contribution in [1.29, 1.82) is 0 Å². The number of nitrogens with one attached hydrogen (secondary N) is 1. The zero-order valence-electron chi connectivity index (χ0n) is 9.54. The highest BCUT2D eigenvalue weighted by Crippen LogP contribution is 2.03. The fourth-order valence-corrected chi connectivity index (χ4v) is 1.32. The summed E-state index contributed by atoms with van der Waals surface area (Å²) < 4.78 is 0. The Labute approximate surface area is 91.7 Å². The molecule has 4 nitrogen and oxygen atoms in total. The molecule has 0 rings (SSSR count). The van der Waals surface area contributed by atoms with Gasteiger partial charge in [-0.05, 0) is 6.42 Å². The third-order valence-corrected chi connectivity index (χ3v) is 2.31. The molecule has 0 fully saturated rings. The van der Waals surface area contributed by atoms with E-state index in [1.807, 2.05) is 0 Å². The number of amides is 1. The summed E-state index contributed by atoms with van der Waals surface area (Å²) in [6, 6.07) is 0. The van der Waals surface area contributed by atoms with Crippen molar-refractivity contribution in [2.75, 3.05) is 13.2 Å². The summed E-state index contributed by atoms with van der Waals surface area (Å²) in [6.45, 7) is 2.25. The summed E-state index contributed by atoms with van der Waals surface area (Å²) in [4.78, 5) is 11.0. The van der Waals surface area contributed by atoms with Gasteiger partial charge in [0.25, 0.3) is 5.91 Å². The van der Waals surface area contributed by atoms with Gasteiger partial charge in [0.15, 0.2) is 6.10 Å². The van der Waals surface area contributed by atoms with Gasteiger partial charge in [-0.25, -0.2) is 0 Å². The van der Waals surface area contributed by atoms with Gasteiger partial charge in [-0.1, -0.05) is 39.0 Å². The van der Waals surface area contributed by atoms with Gasteiger partial charge in [-0.2, -0.15) is 0 Å². The number of aliphatic hydroxyl groups excluding tert-OH is 2. The summed E-state index contributed by atoms with van der Waals surface area (Å²) in [6.07, 6.45) is 5.73. The first-order chi connectivity index (χ1) is 7.22. The Hall–Kier alpha value is -0.610. The molecule has 0 heterocycles. The molecule has 4 heteroatoms. The fourth-order valence-electron chi connectivity index (χ4n) is 1.32. The SMILES string of the molecule is CCCCCCCCNC(=O)C(O)CO. The minimum atomic E-state index is -1.27. The first-order valence-electron chi connectivity index (χ1n) is 5.79. The van der Waals surface area contributed by atoms with Crippen LogP contribution < -0.4 is 5.32 Å². The molecule has 0 spiro atoms. The van der Waals surface area contributed by atoms with Crippen LogP contribution in [0.1, 0.15) is 45.4 Å². The quantitative estimate of drug-likeness (QED) is 0.501. The van der Waals surface area contributed by atoms with E-state index < -0.39 is 18.6 Å². The lowest BCUT2D eigenvalue weighted by molar-refractivity contribution is -0.131. The smallest absolute Gasteiger partial charge is 0.251 e. The van der Waals surface area contributed by atoms with Crippen LogP contribution in [0.3, 0.4) is 0 Å². The molecule has 0 aliphatic carbocycles. The van der Waals surface area contributed by atoms with Crippen molar-refractivity contribution in [3.63, 3.8) is 0 Å². The lowest BCUT2D eigenvalue weighted by atomic mass is 10.1. The van der Waals surface area contributed by atoms with Crippen molar-refractivity contribution in [3.8, 4) is 0 Å². The molecule has 15 heavy (non-hydrogen) atoms. The van der Waals surface area contributed by atoms with E-state index in [0.717, 1.165) is 12.8 Å². The first-order valence-corrected chi connectivity index (χ1v) is 5.79. The van der Waals surface area contributed by atoms with Crippen molar-refractivity contribution in [2.24, 2.45) is 0 Å². The standard InChI is InChI=1S/C11H23NO3/c1-2-3-4-5-6-7-8-12-11(15)10(14)9-13/h10,13-14H,2-9H2,1H3,(H,12,15). The Kier molecular flexibility index (Phi) is 9.52. The topological polar surface area (TPSA) is 69.6 Å². The van der Waals surface area contributed by atoms with Crippen molar-refractivity contribution < 1.29 is 15.0 Å². The zero-order chi connectivity index (χ0) is 11.5. The molecular weight excluding hydrogens is 194 g/mol. The maximum absolute atomic E-state index is 11.0. The molecule has 0 aromatic heterocycles. The predicted molar refractivity (Wildman–Crippen MR) is 59.5 cm³/mol. The zero-order valence-corrected chi connectivity index (χ0v) is 9.54. The fraction of sp³-hybridized carbons (Fsp3) is 0.909. The van der Waals surface area contributed by atoms with Gasteiger partial charge < -0.3 is 15.5 Å². The van der Waals surface area contributed by atoms with Crippen LogP contribution in [0.15, 0.2) is 0 Å². The monoisotopic (exact) mass is 217 g/mol. The third kappa shape index (κ3) is 8.39. The molecule has 1 atom stereocenters. The van der Waals surface area contributed by atoms with Crippen LogP contribution in [0.5, 0.6) is 0 Å². The summed E-state index contributed by atoms with van der Waals surface area (Å²) >= 11 is 0. The molecule has 0 aromatic carbocycles. The second-order valence-corrected chi connectivity index (χ2v) is 3.76. The van der Waals surface area contributed by atoms with Gasteiger partial charge in [-0.3, -0.25) is 4.79 Å². The predicted octanol–water partition coefficient (Wildman–Crippen LogP) is 0.816. The molecule has 0 saturated heterocycles. The number of carbonyl (C=O) groups excluding carboxylic acids is 1. The minimum absolute atomic E-state index is 0.481. The highest BCUT2D eigenvalue weighted by molar-refractivity contribution is 5.80. The van der Waals surface area contributed by atoms with Crippen LogP contribution in [0.4, 0.5) is 0 Å². The molecule has 0 aromatic rings. The molecule has 0 bridgehead atoms. The van der Waals surface area contributed by atoms with Crippen LogP contribution in [0.25, 0.3) is 0 Å². The van der Waals surface area contributed by atoms with E-state index in [1.165, 1.54) is 25.7 Å². The second kappa shape index (κ2) is 9.93. The van der Waals surface area contributed by atoms with Gasteiger partial charge in [0, 0.05) is 6.54 Å². The molecule has 1 unspecified atom stereocenters. The summed E-state index contributed by atoms with van der Waals surface area (Å²) in [5.41, 5.74) is 0. The largest absolute Gasteiger partial charge is 0.393 e. The number of unbranched alkanes of at least 4 members (excludes halogenated alkanes) is 5. The van der Waals surface area contributed by atoms with Gasteiger partial charge in [0.05, 0.1) is 6.61 Å². The van der Waals surface area contributed by atoms with Gasteiger partial charge >= 0.3 is 0 Å². The Morgan fingerprint density at radius 1 is 1.20 bits per heavy atom. The Balaban J connectivity index is 3.20. The molecule has 0 saturated carbocycles. The Bertz CT molecular complexity index is 162. The Morgan fingerprint density at radius 2 is 1.80 bits per heavy atom. The maximum Gasteiger partial charge on any atom is 0.251 e. The molecule has 0 aliphatic rings. The highest BCUT2D eigenvalue weighted by Gasteiger charge is 2.11. The van der Waals surface area contributed by atoms with E-state index in [4.69, 9.17) is 10.2 Å². The van der Waals surface area contributed by atoms with Crippen molar-refractivity contribution in [3.05, 3.63) is 0 Å². The number of hydrogen-bond acceptors (Lipinski definition) is 3. The van der Waals surface area contributed by atoms with E-state index >= 15 is 0 Å². The minimum Gasteiger partial charge on any atom is -0.393 e. The van der Waals surface area contributed by atoms with Gasteiger partial charge in [0.1, 0.15) is 0 Å². The number of hydrogen-bond donors (Lipinski definition) is 3. The lowest BCUT2D eigenvalue weighted by Gasteiger charge is -2.08. The number of rotatable bonds is 9. The van der Waals surface area contributed by atoms with Crippen LogP contribution in [-0.4, -0.2) is 35.4 Å². The maximum atomic E-state index is 11.0.